The molecule has 0 unspecified atom stereocenters. The van der Waals surface area contributed by atoms with E-state index in [1.54, 1.807) is 4.90 Å². The number of rotatable bonds is 7. The second-order valence-corrected chi connectivity index (χ2v) is 9.06. The first-order valence-electron chi connectivity index (χ1n) is 12.3. The summed E-state index contributed by atoms with van der Waals surface area (Å²) >= 11 is 0. The van der Waals surface area contributed by atoms with Crippen molar-refractivity contribution in [1.82, 2.24) is 15.5 Å². The monoisotopic (exact) mass is 501 g/mol. The van der Waals surface area contributed by atoms with Gasteiger partial charge in [-0.1, -0.05) is 12.1 Å². The van der Waals surface area contributed by atoms with Crippen molar-refractivity contribution in [3.63, 3.8) is 0 Å². The molecule has 0 bridgehead atoms. The number of nitrogens with one attached hydrogen (secondary N) is 3. The van der Waals surface area contributed by atoms with Crippen LogP contribution in [0.15, 0.2) is 57.9 Å². The number of nitrogens with zero attached hydrogens (tertiary/aromatic N) is 3. The molecule has 1 fully saturated rings. The molecule has 0 spiro atoms. The number of nitrogen functional groups attached to an aromatic ring is 1. The van der Waals surface area contributed by atoms with Crippen molar-refractivity contribution in [2.45, 2.75) is 38.6 Å². The van der Waals surface area contributed by atoms with Crippen molar-refractivity contribution in [3.05, 3.63) is 59.9 Å². The molecule has 4 rings (SSSR count). The highest BCUT2D eigenvalue weighted by atomic mass is 16.3. The summed E-state index contributed by atoms with van der Waals surface area (Å²) in [7, 11) is 0. The molecule has 0 radical (unpaired) electrons. The third kappa shape index (κ3) is 7.01. The molecule has 2 aromatic carbocycles. The van der Waals surface area contributed by atoms with E-state index in [-0.39, 0.29) is 24.3 Å². The largest absolute Gasteiger partial charge is 0.461 e. The van der Waals surface area contributed by atoms with Crippen LogP contribution in [0.4, 0.5) is 11.4 Å². The lowest BCUT2D eigenvalue weighted by Crippen LogP contribution is -2.44. The second-order valence-electron chi connectivity index (χ2n) is 9.06. The minimum absolute atomic E-state index is 0.0302. The fourth-order valence-corrected chi connectivity index (χ4v) is 4.32. The number of aliphatic imine (C=N–C) groups is 1. The van der Waals surface area contributed by atoms with Crippen LogP contribution in [0.2, 0.25) is 0 Å². The van der Waals surface area contributed by atoms with E-state index in [2.05, 4.69) is 20.9 Å². The summed E-state index contributed by atoms with van der Waals surface area (Å²) in [5.41, 5.74) is 8.94. The fourth-order valence-electron chi connectivity index (χ4n) is 4.32. The Kier molecular flexibility index (Phi) is 8.26. The number of hydrogen-bond acceptors (Lipinski definition) is 6. The molecule has 1 aliphatic rings. The van der Waals surface area contributed by atoms with Gasteiger partial charge >= 0.3 is 0 Å². The van der Waals surface area contributed by atoms with Gasteiger partial charge in [-0.2, -0.15) is 5.26 Å². The number of fused-ring (bicyclic) bond motifs is 1. The van der Waals surface area contributed by atoms with Crippen LogP contribution < -0.4 is 21.7 Å². The number of furan rings is 1. The molecule has 2 amide bonds. The standard InChI is InChI=1S/C27H31N7O3/c1-18-14-20-15-22(9-10-24(20)37-18)32-27(31-17-28)33-23-4-2-3-13-34(26(23)36)16-25(35)30-12-11-19-5-7-21(29)8-6-19/h5-10,14-15,23H,2-4,11-13,16,29H2,1H3,(H,30,35)(H2,31,32,33)/t23-/m0/s1. The average molecular weight is 502 g/mol. The van der Waals surface area contributed by atoms with E-state index in [9.17, 15) is 14.9 Å². The van der Waals surface area contributed by atoms with Gasteiger partial charge in [-0.15, -0.1) is 0 Å². The number of hydrogen-bond donors (Lipinski definition) is 4. The molecule has 1 saturated heterocycles. The summed E-state index contributed by atoms with van der Waals surface area (Å²) in [6.45, 7) is 2.80. The molecule has 10 heteroatoms. The number of guanidine groups is 1. The van der Waals surface area contributed by atoms with Gasteiger partial charge in [0.2, 0.25) is 17.8 Å². The Morgan fingerprint density at radius 3 is 2.81 bits per heavy atom. The summed E-state index contributed by atoms with van der Waals surface area (Å²) in [5.74, 6) is 0.529. The van der Waals surface area contributed by atoms with Gasteiger partial charge in [-0.25, -0.2) is 4.99 Å². The third-order valence-electron chi connectivity index (χ3n) is 6.16. The third-order valence-corrected chi connectivity index (χ3v) is 6.16. The highest BCUT2D eigenvalue weighted by molar-refractivity contribution is 5.98. The number of benzene rings is 2. The zero-order chi connectivity index (χ0) is 26.2. The number of anilines is 2. The molecule has 3 aromatic rings. The predicted octanol–water partition coefficient (Wildman–Crippen LogP) is 2.90. The summed E-state index contributed by atoms with van der Waals surface area (Å²) in [6.07, 6.45) is 4.65. The average Bonchev–Trinajstić information content (AvgIpc) is 3.16. The second kappa shape index (κ2) is 11.9. The van der Waals surface area contributed by atoms with Crippen LogP contribution in [0.25, 0.3) is 11.0 Å². The highest BCUT2D eigenvalue weighted by Crippen LogP contribution is 2.23. The van der Waals surface area contributed by atoms with Crippen molar-refractivity contribution in [2.75, 3.05) is 30.7 Å². The number of aryl methyl sites for hydroxylation is 1. The molecule has 1 aromatic heterocycles. The van der Waals surface area contributed by atoms with E-state index in [1.807, 2.05) is 61.6 Å². The minimum Gasteiger partial charge on any atom is -0.461 e. The van der Waals surface area contributed by atoms with Crippen LogP contribution in [0.1, 0.15) is 30.6 Å². The smallest absolute Gasteiger partial charge is 0.247 e. The van der Waals surface area contributed by atoms with Crippen molar-refractivity contribution in [3.8, 4) is 6.19 Å². The van der Waals surface area contributed by atoms with Gasteiger partial charge < -0.3 is 25.7 Å². The zero-order valence-corrected chi connectivity index (χ0v) is 20.8. The maximum Gasteiger partial charge on any atom is 0.247 e. The quantitative estimate of drug-likeness (QED) is 0.128. The Labute approximate surface area is 215 Å². The normalized spacial score (nSPS) is 16.2. The van der Waals surface area contributed by atoms with Crippen LogP contribution in [0.5, 0.6) is 0 Å². The molecule has 1 atom stereocenters. The Morgan fingerprint density at radius 1 is 1.22 bits per heavy atom. The topological polar surface area (TPSA) is 149 Å². The molecule has 10 nitrogen and oxygen atoms in total. The Hall–Kier alpha value is -4.52. The van der Waals surface area contributed by atoms with Crippen LogP contribution in [0, 0.1) is 18.4 Å². The van der Waals surface area contributed by atoms with Gasteiger partial charge in [0, 0.05) is 29.9 Å². The molecule has 2 heterocycles. The fraction of sp³-hybridized carbons (Fsp3) is 0.333. The zero-order valence-electron chi connectivity index (χ0n) is 20.8. The van der Waals surface area contributed by atoms with E-state index in [0.29, 0.717) is 37.3 Å². The maximum atomic E-state index is 13.3. The molecule has 1 aliphatic heterocycles. The summed E-state index contributed by atoms with van der Waals surface area (Å²) < 4.78 is 5.61. The van der Waals surface area contributed by atoms with Gasteiger partial charge in [-0.05, 0) is 74.6 Å². The van der Waals surface area contributed by atoms with Crippen LogP contribution in [0.3, 0.4) is 0 Å². The molecule has 37 heavy (non-hydrogen) atoms. The lowest BCUT2D eigenvalue weighted by molar-refractivity contribution is -0.136. The Morgan fingerprint density at radius 2 is 2.03 bits per heavy atom. The van der Waals surface area contributed by atoms with Crippen molar-refractivity contribution >= 4 is 40.1 Å². The predicted molar refractivity (Wildman–Crippen MR) is 143 cm³/mol. The molecule has 0 aliphatic carbocycles. The first-order chi connectivity index (χ1) is 17.9. The summed E-state index contributed by atoms with van der Waals surface area (Å²) in [4.78, 5) is 31.9. The Bertz CT molecular complexity index is 1320. The molecule has 192 valence electrons. The van der Waals surface area contributed by atoms with Crippen molar-refractivity contribution < 1.29 is 14.0 Å². The van der Waals surface area contributed by atoms with Crippen LogP contribution in [-0.4, -0.2) is 48.3 Å². The van der Waals surface area contributed by atoms with Gasteiger partial charge in [0.05, 0.1) is 6.54 Å². The maximum absolute atomic E-state index is 13.3. The van der Waals surface area contributed by atoms with Gasteiger partial charge in [0.15, 0.2) is 6.19 Å². The van der Waals surface area contributed by atoms with Crippen LogP contribution >= 0.6 is 0 Å². The van der Waals surface area contributed by atoms with Crippen LogP contribution in [-0.2, 0) is 16.0 Å². The van der Waals surface area contributed by atoms with Gasteiger partial charge in [-0.3, -0.25) is 14.9 Å². The lowest BCUT2D eigenvalue weighted by Gasteiger charge is -2.22. The number of nitriles is 1. The Balaban J connectivity index is 1.38. The number of amides is 2. The summed E-state index contributed by atoms with van der Waals surface area (Å²) in [5, 5.41) is 18.7. The van der Waals surface area contributed by atoms with E-state index >= 15 is 0 Å². The summed E-state index contributed by atoms with van der Waals surface area (Å²) in [6, 6.07) is 14.3. The molecular weight excluding hydrogens is 470 g/mol. The van der Waals surface area contributed by atoms with Crippen molar-refractivity contribution in [2.24, 2.45) is 4.99 Å². The number of nitrogens with two attached hydrogens (primary N) is 1. The van der Waals surface area contributed by atoms with E-state index in [4.69, 9.17) is 10.2 Å². The molecule has 0 saturated carbocycles. The van der Waals surface area contributed by atoms with Gasteiger partial charge in [0.1, 0.15) is 17.4 Å². The van der Waals surface area contributed by atoms with E-state index in [0.717, 1.165) is 35.1 Å². The van der Waals surface area contributed by atoms with E-state index in [1.165, 1.54) is 0 Å². The minimum atomic E-state index is -0.701. The molecular formula is C27H31N7O3. The SMILES string of the molecule is Cc1cc2cc(NC(=N[C@H]3CCCCN(CC(=O)NCCc4ccc(N)cc4)C3=O)NC#N)ccc2o1. The number of carbonyl (C=O) groups excluding carboxylic acids is 2. The lowest BCUT2D eigenvalue weighted by atomic mass is 10.1. The van der Waals surface area contributed by atoms with Crippen molar-refractivity contribution in [1.29, 1.82) is 5.26 Å². The highest BCUT2D eigenvalue weighted by Gasteiger charge is 2.28. The first-order valence-corrected chi connectivity index (χ1v) is 12.3. The molecule has 5 N–H and O–H groups in total. The number of carbonyl (C=O) groups is 2. The van der Waals surface area contributed by atoms with E-state index < -0.39 is 6.04 Å². The van der Waals surface area contributed by atoms with Gasteiger partial charge in [0.25, 0.3) is 0 Å². The first kappa shape index (κ1) is 25.6. The number of likely N-dealkylation sites (tertiary alicyclic amines) is 1.